The third kappa shape index (κ3) is 2.07. The summed E-state index contributed by atoms with van der Waals surface area (Å²) >= 11 is 0. The molecule has 2 fully saturated rings. The van der Waals surface area contributed by atoms with Gasteiger partial charge in [0.05, 0.1) is 6.07 Å². The van der Waals surface area contributed by atoms with E-state index < -0.39 is 5.41 Å². The molecule has 0 spiro atoms. The molecule has 0 radical (unpaired) electrons. The molecule has 2 saturated carbocycles. The molecule has 2 rings (SSSR count). The van der Waals surface area contributed by atoms with Crippen LogP contribution in [-0.2, 0) is 4.79 Å². The zero-order valence-electron chi connectivity index (χ0n) is 9.96. The Morgan fingerprint density at radius 1 is 1.38 bits per heavy atom. The predicted octanol–water partition coefficient (Wildman–Crippen LogP) is 2.38. The number of nitrogens with zero attached hydrogens (tertiary/aromatic N) is 1. The van der Waals surface area contributed by atoms with Gasteiger partial charge >= 0.3 is 0 Å². The molecule has 2 atom stereocenters. The van der Waals surface area contributed by atoms with Gasteiger partial charge in [0.2, 0.25) is 5.91 Å². The van der Waals surface area contributed by atoms with E-state index in [1.165, 1.54) is 6.42 Å². The van der Waals surface area contributed by atoms with Crippen molar-refractivity contribution in [3.63, 3.8) is 0 Å². The lowest BCUT2D eigenvalue weighted by atomic mass is 9.86. The van der Waals surface area contributed by atoms with Crippen molar-refractivity contribution in [2.45, 2.75) is 57.9 Å². The van der Waals surface area contributed by atoms with E-state index in [1.807, 2.05) is 0 Å². The van der Waals surface area contributed by atoms with Crippen molar-refractivity contribution in [3.05, 3.63) is 0 Å². The molecule has 0 aromatic heterocycles. The van der Waals surface area contributed by atoms with Gasteiger partial charge in [-0.25, -0.2) is 0 Å². The topological polar surface area (TPSA) is 52.9 Å². The van der Waals surface area contributed by atoms with Crippen LogP contribution in [-0.4, -0.2) is 11.9 Å². The monoisotopic (exact) mass is 220 g/mol. The van der Waals surface area contributed by atoms with Crippen molar-refractivity contribution >= 4 is 5.91 Å². The summed E-state index contributed by atoms with van der Waals surface area (Å²) in [6.45, 7) is 2.22. The molecule has 88 valence electrons. The van der Waals surface area contributed by atoms with Gasteiger partial charge in [0.15, 0.2) is 0 Å². The van der Waals surface area contributed by atoms with Crippen LogP contribution in [0.5, 0.6) is 0 Å². The van der Waals surface area contributed by atoms with Crippen molar-refractivity contribution in [1.29, 1.82) is 5.26 Å². The molecule has 3 nitrogen and oxygen atoms in total. The summed E-state index contributed by atoms with van der Waals surface area (Å²) in [7, 11) is 0. The van der Waals surface area contributed by atoms with Crippen LogP contribution in [0.15, 0.2) is 0 Å². The maximum atomic E-state index is 12.1. The molecule has 0 aliphatic heterocycles. The minimum absolute atomic E-state index is 0.00778. The number of rotatable bonds is 2. The number of carbonyl (C=O) groups is 1. The Labute approximate surface area is 97.2 Å². The highest BCUT2D eigenvalue weighted by Crippen LogP contribution is 2.38. The number of hydrogen-bond donors (Lipinski definition) is 1. The molecule has 3 heteroatoms. The van der Waals surface area contributed by atoms with Crippen molar-refractivity contribution in [2.24, 2.45) is 11.3 Å². The summed E-state index contributed by atoms with van der Waals surface area (Å²) in [5.74, 6) is 0.707. The second-order valence-corrected chi connectivity index (χ2v) is 5.49. The quantitative estimate of drug-likeness (QED) is 0.776. The molecular weight excluding hydrogens is 200 g/mol. The molecule has 1 amide bonds. The number of nitriles is 1. The molecule has 1 N–H and O–H groups in total. The SMILES string of the molecule is CC1CCC(NC(=O)C2(C#N)CCCC2)C1. The smallest absolute Gasteiger partial charge is 0.240 e. The molecule has 0 heterocycles. The summed E-state index contributed by atoms with van der Waals surface area (Å²) < 4.78 is 0. The van der Waals surface area contributed by atoms with E-state index in [0.29, 0.717) is 12.0 Å². The highest BCUT2D eigenvalue weighted by molar-refractivity contribution is 5.86. The van der Waals surface area contributed by atoms with Gasteiger partial charge in [-0.2, -0.15) is 5.26 Å². The first-order valence-electron chi connectivity index (χ1n) is 6.38. The van der Waals surface area contributed by atoms with Gasteiger partial charge in [-0.05, 0) is 38.0 Å². The first kappa shape index (κ1) is 11.4. The van der Waals surface area contributed by atoms with Crippen molar-refractivity contribution in [1.82, 2.24) is 5.32 Å². The second kappa shape index (κ2) is 4.45. The highest BCUT2D eigenvalue weighted by atomic mass is 16.2. The standard InChI is InChI=1S/C13H20N2O/c1-10-4-5-11(8-10)15-12(16)13(9-14)6-2-3-7-13/h10-11H,2-8H2,1H3,(H,15,16). The van der Waals surface area contributed by atoms with Gasteiger partial charge in [0.1, 0.15) is 5.41 Å². The molecule has 0 aromatic rings. The Hall–Kier alpha value is -1.04. The van der Waals surface area contributed by atoms with E-state index in [1.54, 1.807) is 0 Å². The van der Waals surface area contributed by atoms with Crippen molar-refractivity contribution < 1.29 is 4.79 Å². The van der Waals surface area contributed by atoms with E-state index in [0.717, 1.165) is 38.5 Å². The lowest BCUT2D eigenvalue weighted by Crippen LogP contribution is -2.43. The van der Waals surface area contributed by atoms with Crippen molar-refractivity contribution in [3.8, 4) is 6.07 Å². The maximum Gasteiger partial charge on any atom is 0.240 e. The van der Waals surface area contributed by atoms with E-state index >= 15 is 0 Å². The third-order valence-electron chi connectivity index (χ3n) is 4.14. The molecular formula is C13H20N2O. The van der Waals surface area contributed by atoms with Crippen molar-refractivity contribution in [2.75, 3.05) is 0 Å². The number of hydrogen-bond acceptors (Lipinski definition) is 2. The van der Waals surface area contributed by atoms with Gasteiger partial charge in [0, 0.05) is 6.04 Å². The predicted molar refractivity (Wildman–Crippen MR) is 61.5 cm³/mol. The Morgan fingerprint density at radius 2 is 2.06 bits per heavy atom. The van der Waals surface area contributed by atoms with Gasteiger partial charge < -0.3 is 5.32 Å². The molecule has 0 bridgehead atoms. The number of amides is 1. The minimum Gasteiger partial charge on any atom is -0.352 e. The van der Waals surface area contributed by atoms with Gasteiger partial charge in [-0.15, -0.1) is 0 Å². The lowest BCUT2D eigenvalue weighted by molar-refractivity contribution is -0.128. The maximum absolute atomic E-state index is 12.1. The highest BCUT2D eigenvalue weighted by Gasteiger charge is 2.42. The van der Waals surface area contributed by atoms with Crippen LogP contribution in [0, 0.1) is 22.7 Å². The van der Waals surface area contributed by atoms with E-state index in [9.17, 15) is 10.1 Å². The van der Waals surface area contributed by atoms with Crippen LogP contribution < -0.4 is 5.32 Å². The fraction of sp³-hybridized carbons (Fsp3) is 0.846. The summed E-state index contributed by atoms with van der Waals surface area (Å²) in [6.07, 6.45) is 6.88. The molecule has 2 aliphatic carbocycles. The summed E-state index contributed by atoms with van der Waals surface area (Å²) in [5, 5.41) is 12.3. The summed E-state index contributed by atoms with van der Waals surface area (Å²) in [4.78, 5) is 12.1. The Bertz CT molecular complexity index is 312. The lowest BCUT2D eigenvalue weighted by Gasteiger charge is -2.22. The molecule has 2 unspecified atom stereocenters. The van der Waals surface area contributed by atoms with Gasteiger partial charge in [0.25, 0.3) is 0 Å². The summed E-state index contributed by atoms with van der Waals surface area (Å²) in [5.41, 5.74) is -0.703. The first-order valence-corrected chi connectivity index (χ1v) is 6.38. The van der Waals surface area contributed by atoms with E-state index in [-0.39, 0.29) is 5.91 Å². The third-order valence-corrected chi connectivity index (χ3v) is 4.14. The fourth-order valence-corrected chi connectivity index (χ4v) is 3.03. The van der Waals surface area contributed by atoms with E-state index in [2.05, 4.69) is 18.3 Å². The Morgan fingerprint density at radius 3 is 2.56 bits per heavy atom. The van der Waals surface area contributed by atoms with Gasteiger partial charge in [-0.1, -0.05) is 19.8 Å². The molecule has 2 aliphatic rings. The minimum atomic E-state index is -0.703. The van der Waals surface area contributed by atoms with E-state index in [4.69, 9.17) is 0 Å². The zero-order valence-corrected chi connectivity index (χ0v) is 9.96. The molecule has 16 heavy (non-hydrogen) atoms. The average Bonchev–Trinajstić information content (AvgIpc) is 2.88. The van der Waals surface area contributed by atoms with Crippen LogP contribution in [0.1, 0.15) is 51.9 Å². The molecule has 0 saturated heterocycles. The summed E-state index contributed by atoms with van der Waals surface area (Å²) in [6, 6.07) is 2.56. The van der Waals surface area contributed by atoms with Gasteiger partial charge in [-0.3, -0.25) is 4.79 Å². The number of nitrogens with one attached hydrogen (secondary N) is 1. The second-order valence-electron chi connectivity index (χ2n) is 5.49. The number of carbonyl (C=O) groups excluding carboxylic acids is 1. The first-order chi connectivity index (χ1) is 7.66. The Kier molecular flexibility index (Phi) is 3.18. The largest absolute Gasteiger partial charge is 0.352 e. The van der Waals surface area contributed by atoms with Crippen LogP contribution >= 0.6 is 0 Å². The van der Waals surface area contributed by atoms with Crippen LogP contribution in [0.25, 0.3) is 0 Å². The van der Waals surface area contributed by atoms with Crippen LogP contribution in [0.3, 0.4) is 0 Å². The zero-order chi connectivity index (χ0) is 11.6. The average molecular weight is 220 g/mol. The normalized spacial score (nSPS) is 32.2. The van der Waals surface area contributed by atoms with Crippen LogP contribution in [0.2, 0.25) is 0 Å². The molecule has 0 aromatic carbocycles. The Balaban J connectivity index is 1.94. The van der Waals surface area contributed by atoms with Crippen LogP contribution in [0.4, 0.5) is 0 Å². The fourth-order valence-electron chi connectivity index (χ4n) is 3.03.